The smallest absolute Gasteiger partial charge is 0.138 e. The lowest BCUT2D eigenvalue weighted by Crippen LogP contribution is -2.12. The Hall–Kier alpha value is -1.10. The first kappa shape index (κ1) is 11.4. The lowest BCUT2D eigenvalue weighted by Gasteiger charge is -2.06. The summed E-state index contributed by atoms with van der Waals surface area (Å²) in [6.07, 6.45) is 1.78. The quantitative estimate of drug-likeness (QED) is 0.882. The van der Waals surface area contributed by atoms with Crippen LogP contribution in [-0.2, 0) is 13.1 Å². The van der Waals surface area contributed by atoms with Gasteiger partial charge in [-0.3, -0.25) is 0 Å². The number of phenolic OH excluding ortho intramolecular Hbond substituents is 1. The van der Waals surface area contributed by atoms with Crippen molar-refractivity contribution in [3.63, 3.8) is 0 Å². The van der Waals surface area contributed by atoms with Crippen molar-refractivity contribution in [3.8, 4) is 5.75 Å². The Balaban J connectivity index is 1.92. The largest absolute Gasteiger partial charge is 0.506 e. The van der Waals surface area contributed by atoms with Gasteiger partial charge in [-0.2, -0.15) is 0 Å². The number of hydrogen-bond acceptors (Lipinski definition) is 4. The maximum atomic E-state index is 9.67. The van der Waals surface area contributed by atoms with Crippen LogP contribution in [0.1, 0.15) is 10.6 Å². The number of halogens is 1. The van der Waals surface area contributed by atoms with Crippen molar-refractivity contribution < 1.29 is 5.11 Å². The monoisotopic (exact) mass is 254 g/mol. The minimum Gasteiger partial charge on any atom is -0.506 e. The summed E-state index contributed by atoms with van der Waals surface area (Å²) in [5, 5.41) is 16.2. The minimum atomic E-state index is 0.149. The molecule has 2 aromatic rings. The van der Waals surface area contributed by atoms with Crippen molar-refractivity contribution in [1.29, 1.82) is 0 Å². The Bertz CT molecular complexity index is 459. The number of para-hydroxylation sites is 1. The van der Waals surface area contributed by atoms with E-state index in [1.165, 1.54) is 0 Å². The molecule has 2 N–H and O–H groups in total. The zero-order valence-corrected chi connectivity index (χ0v) is 10.1. The molecule has 0 spiro atoms. The number of thiazole rings is 1. The molecular formula is C11H11ClN2OS. The van der Waals surface area contributed by atoms with Gasteiger partial charge in [0.05, 0.1) is 5.02 Å². The van der Waals surface area contributed by atoms with Crippen LogP contribution in [-0.4, -0.2) is 10.1 Å². The van der Waals surface area contributed by atoms with Crippen LogP contribution in [0.4, 0.5) is 0 Å². The number of benzene rings is 1. The summed E-state index contributed by atoms with van der Waals surface area (Å²) in [5.41, 5.74) is 0.795. The van der Waals surface area contributed by atoms with Crippen molar-refractivity contribution in [2.24, 2.45) is 0 Å². The van der Waals surface area contributed by atoms with Crippen molar-refractivity contribution in [2.75, 3.05) is 0 Å². The third kappa shape index (κ3) is 2.72. The fourth-order valence-corrected chi connectivity index (χ4v) is 2.13. The van der Waals surface area contributed by atoms with Crippen LogP contribution < -0.4 is 5.32 Å². The first-order valence-electron chi connectivity index (χ1n) is 4.83. The predicted molar refractivity (Wildman–Crippen MR) is 65.8 cm³/mol. The van der Waals surface area contributed by atoms with E-state index in [0.717, 1.165) is 10.6 Å². The second-order valence-electron chi connectivity index (χ2n) is 3.28. The van der Waals surface area contributed by atoms with Crippen LogP contribution in [0.5, 0.6) is 5.75 Å². The number of aromatic nitrogens is 1. The van der Waals surface area contributed by atoms with E-state index >= 15 is 0 Å². The highest BCUT2D eigenvalue weighted by Crippen LogP contribution is 2.26. The third-order valence-electron chi connectivity index (χ3n) is 2.15. The Kier molecular flexibility index (Phi) is 3.77. The second-order valence-corrected chi connectivity index (χ2v) is 4.66. The second kappa shape index (κ2) is 5.30. The van der Waals surface area contributed by atoms with E-state index in [1.54, 1.807) is 23.6 Å². The van der Waals surface area contributed by atoms with Gasteiger partial charge in [0.15, 0.2) is 0 Å². The average molecular weight is 255 g/mol. The fraction of sp³-hybridized carbons (Fsp3) is 0.182. The summed E-state index contributed by atoms with van der Waals surface area (Å²) in [6.45, 7) is 1.27. The number of hydrogen-bond donors (Lipinski definition) is 2. The van der Waals surface area contributed by atoms with Crippen LogP contribution in [0.2, 0.25) is 5.02 Å². The molecule has 84 valence electrons. The van der Waals surface area contributed by atoms with Crippen molar-refractivity contribution >= 4 is 22.9 Å². The number of nitrogens with zero attached hydrogens (tertiary/aromatic N) is 1. The molecule has 1 aromatic carbocycles. The molecule has 0 aliphatic heterocycles. The minimum absolute atomic E-state index is 0.149. The van der Waals surface area contributed by atoms with Gasteiger partial charge in [0.25, 0.3) is 0 Å². The molecule has 2 rings (SSSR count). The normalized spacial score (nSPS) is 10.6. The molecule has 0 aliphatic carbocycles. The van der Waals surface area contributed by atoms with Crippen LogP contribution in [0.25, 0.3) is 0 Å². The molecule has 1 aromatic heterocycles. The highest BCUT2D eigenvalue weighted by Gasteiger charge is 2.04. The lowest BCUT2D eigenvalue weighted by atomic mass is 10.2. The molecule has 0 bridgehead atoms. The SMILES string of the molecule is Oc1c(Cl)cccc1CNCc1nccs1. The molecule has 1 heterocycles. The van der Waals surface area contributed by atoms with Gasteiger partial charge in [0, 0.05) is 30.2 Å². The molecule has 5 heteroatoms. The van der Waals surface area contributed by atoms with Gasteiger partial charge in [0.1, 0.15) is 10.8 Å². The van der Waals surface area contributed by atoms with Gasteiger partial charge in [-0.1, -0.05) is 23.7 Å². The highest BCUT2D eigenvalue weighted by atomic mass is 35.5. The predicted octanol–water partition coefficient (Wildman–Crippen LogP) is 2.79. The van der Waals surface area contributed by atoms with Gasteiger partial charge >= 0.3 is 0 Å². The molecule has 0 unspecified atom stereocenters. The topological polar surface area (TPSA) is 45.1 Å². The van der Waals surface area contributed by atoms with E-state index < -0.39 is 0 Å². The summed E-state index contributed by atoms with van der Waals surface area (Å²) >= 11 is 7.41. The van der Waals surface area contributed by atoms with Crippen LogP contribution in [0, 0.1) is 0 Å². The zero-order chi connectivity index (χ0) is 11.4. The molecular weight excluding hydrogens is 244 g/mol. The van der Waals surface area contributed by atoms with Crippen molar-refractivity contribution in [1.82, 2.24) is 10.3 Å². The van der Waals surface area contributed by atoms with E-state index in [-0.39, 0.29) is 5.75 Å². The van der Waals surface area contributed by atoms with Crippen molar-refractivity contribution in [2.45, 2.75) is 13.1 Å². The highest BCUT2D eigenvalue weighted by molar-refractivity contribution is 7.09. The summed E-state index contributed by atoms with van der Waals surface area (Å²) in [7, 11) is 0. The Labute approximate surface area is 103 Å². The number of rotatable bonds is 4. The summed E-state index contributed by atoms with van der Waals surface area (Å²) in [5.74, 6) is 0.149. The van der Waals surface area contributed by atoms with Crippen LogP contribution in [0.3, 0.4) is 0 Å². The Morgan fingerprint density at radius 1 is 1.38 bits per heavy atom. The Morgan fingerprint density at radius 3 is 3.00 bits per heavy atom. The van der Waals surface area contributed by atoms with Gasteiger partial charge in [-0.25, -0.2) is 4.98 Å². The molecule has 0 amide bonds. The maximum Gasteiger partial charge on any atom is 0.138 e. The molecule has 0 fully saturated rings. The molecule has 0 saturated carbocycles. The third-order valence-corrected chi connectivity index (χ3v) is 3.23. The maximum absolute atomic E-state index is 9.67. The van der Waals surface area contributed by atoms with Gasteiger partial charge in [-0.15, -0.1) is 11.3 Å². The molecule has 0 aliphatic rings. The van der Waals surface area contributed by atoms with E-state index in [9.17, 15) is 5.11 Å². The molecule has 0 saturated heterocycles. The lowest BCUT2D eigenvalue weighted by molar-refractivity contribution is 0.464. The molecule has 16 heavy (non-hydrogen) atoms. The number of aromatic hydroxyl groups is 1. The number of phenols is 1. The number of nitrogens with one attached hydrogen (secondary N) is 1. The standard InChI is InChI=1S/C11H11ClN2OS/c12-9-3-1-2-8(11(9)15)6-13-7-10-14-4-5-16-10/h1-5,13,15H,6-7H2. The van der Waals surface area contributed by atoms with E-state index in [1.807, 2.05) is 17.5 Å². The summed E-state index contributed by atoms with van der Waals surface area (Å²) in [6, 6.07) is 5.33. The first-order valence-corrected chi connectivity index (χ1v) is 6.08. The van der Waals surface area contributed by atoms with E-state index in [4.69, 9.17) is 11.6 Å². The van der Waals surface area contributed by atoms with Crippen molar-refractivity contribution in [3.05, 3.63) is 45.4 Å². The van der Waals surface area contributed by atoms with E-state index in [0.29, 0.717) is 18.1 Å². The zero-order valence-electron chi connectivity index (χ0n) is 8.48. The summed E-state index contributed by atoms with van der Waals surface area (Å²) < 4.78 is 0. The van der Waals surface area contributed by atoms with E-state index in [2.05, 4.69) is 10.3 Å². The molecule has 0 atom stereocenters. The van der Waals surface area contributed by atoms with Crippen LogP contribution >= 0.6 is 22.9 Å². The van der Waals surface area contributed by atoms with Gasteiger partial charge in [0.2, 0.25) is 0 Å². The average Bonchev–Trinajstić information content (AvgIpc) is 2.77. The summed E-state index contributed by atoms with van der Waals surface area (Å²) in [4.78, 5) is 4.15. The first-order chi connectivity index (χ1) is 7.77. The molecule has 0 radical (unpaired) electrons. The van der Waals surface area contributed by atoms with Crippen LogP contribution in [0.15, 0.2) is 29.8 Å². The van der Waals surface area contributed by atoms with Gasteiger partial charge in [-0.05, 0) is 6.07 Å². The molecule has 3 nitrogen and oxygen atoms in total. The van der Waals surface area contributed by atoms with Gasteiger partial charge < -0.3 is 10.4 Å². The fourth-order valence-electron chi connectivity index (χ4n) is 1.35. The Morgan fingerprint density at radius 2 is 2.25 bits per heavy atom.